The first-order valence-electron chi connectivity index (χ1n) is 3.75. The third-order valence-corrected chi connectivity index (χ3v) is 1.75. The van der Waals surface area contributed by atoms with Gasteiger partial charge in [0.25, 0.3) is 0 Å². The molecule has 0 saturated heterocycles. The van der Waals surface area contributed by atoms with Crippen LogP contribution in [-0.2, 0) is 0 Å². The molecule has 5 heteroatoms. The molecule has 0 aliphatic carbocycles. The fraction of sp³-hybridized carbons (Fsp3) is 0.375. The van der Waals surface area contributed by atoms with Crippen molar-refractivity contribution in [2.24, 2.45) is 5.73 Å². The first-order valence-corrected chi connectivity index (χ1v) is 3.75. The number of pyridine rings is 1. The summed E-state index contributed by atoms with van der Waals surface area (Å²) in [5, 5.41) is 0. The lowest BCUT2D eigenvalue weighted by Gasteiger charge is -2.13. The van der Waals surface area contributed by atoms with Gasteiger partial charge in [-0.3, -0.25) is 0 Å². The van der Waals surface area contributed by atoms with Gasteiger partial charge in [-0.25, -0.2) is 13.8 Å². The van der Waals surface area contributed by atoms with Crippen molar-refractivity contribution in [1.29, 1.82) is 0 Å². The predicted molar refractivity (Wildman–Crippen MR) is 42.0 cm³/mol. The van der Waals surface area contributed by atoms with Crippen LogP contribution in [0.3, 0.4) is 0 Å². The summed E-state index contributed by atoms with van der Waals surface area (Å²) in [6.07, 6.45) is -1.46. The highest BCUT2D eigenvalue weighted by molar-refractivity contribution is 5.17. The Balaban J connectivity index is 2.97. The minimum absolute atomic E-state index is 0.125. The van der Waals surface area contributed by atoms with E-state index in [1.807, 2.05) is 0 Å². The Morgan fingerprint density at radius 1 is 1.46 bits per heavy atom. The summed E-state index contributed by atoms with van der Waals surface area (Å²) in [6, 6.07) is 2.68. The van der Waals surface area contributed by atoms with Gasteiger partial charge in [0.05, 0.1) is 5.92 Å². The van der Waals surface area contributed by atoms with Crippen LogP contribution >= 0.6 is 0 Å². The molecule has 0 radical (unpaired) electrons. The summed E-state index contributed by atoms with van der Waals surface area (Å²) >= 11 is 0. The van der Waals surface area contributed by atoms with Crippen LogP contribution in [0.4, 0.5) is 13.2 Å². The fourth-order valence-electron chi connectivity index (χ4n) is 1.04. The number of halogens is 3. The molecular weight excluding hydrogens is 181 g/mol. The second-order valence-electron chi connectivity index (χ2n) is 2.56. The summed E-state index contributed by atoms with van der Waals surface area (Å²) in [5.74, 6) is -2.15. The number of alkyl halides is 2. The number of hydrogen-bond donors (Lipinski definition) is 1. The van der Waals surface area contributed by atoms with Crippen molar-refractivity contribution in [3.63, 3.8) is 0 Å². The van der Waals surface area contributed by atoms with Gasteiger partial charge in [-0.1, -0.05) is 6.07 Å². The highest BCUT2D eigenvalue weighted by Crippen LogP contribution is 2.23. The van der Waals surface area contributed by atoms with Crippen LogP contribution < -0.4 is 5.73 Å². The van der Waals surface area contributed by atoms with Gasteiger partial charge in [-0.15, -0.1) is 0 Å². The van der Waals surface area contributed by atoms with Crippen LogP contribution in [0.5, 0.6) is 0 Å². The Kier molecular flexibility index (Phi) is 3.25. The molecule has 0 bridgehead atoms. The van der Waals surface area contributed by atoms with E-state index in [1.165, 1.54) is 18.3 Å². The van der Waals surface area contributed by atoms with Crippen LogP contribution in [0.25, 0.3) is 0 Å². The topological polar surface area (TPSA) is 38.9 Å². The lowest BCUT2D eigenvalue weighted by atomic mass is 10.0. The van der Waals surface area contributed by atoms with Gasteiger partial charge in [0.2, 0.25) is 12.4 Å². The van der Waals surface area contributed by atoms with E-state index in [-0.39, 0.29) is 12.1 Å². The number of nitrogens with two attached hydrogens (primary N) is 1. The molecule has 0 fully saturated rings. The summed E-state index contributed by atoms with van der Waals surface area (Å²) in [5.41, 5.74) is 4.98. The molecule has 0 saturated carbocycles. The zero-order chi connectivity index (χ0) is 9.84. The molecule has 0 aliphatic rings. The van der Waals surface area contributed by atoms with Crippen molar-refractivity contribution in [3.8, 4) is 0 Å². The van der Waals surface area contributed by atoms with Gasteiger partial charge in [0, 0.05) is 18.3 Å². The maximum Gasteiger partial charge on any atom is 0.246 e. The molecule has 2 N–H and O–H groups in total. The zero-order valence-corrected chi connectivity index (χ0v) is 6.75. The van der Waals surface area contributed by atoms with Crippen LogP contribution in [0, 0.1) is 5.95 Å². The van der Waals surface area contributed by atoms with Gasteiger partial charge in [0.15, 0.2) is 0 Å². The Morgan fingerprint density at radius 2 is 2.15 bits per heavy atom. The molecular formula is C8H9F3N2. The van der Waals surface area contributed by atoms with E-state index in [2.05, 4.69) is 4.98 Å². The number of rotatable bonds is 3. The standard InChI is InChI=1S/C8H9F3N2/c9-7(10)6(4-12)5-2-1-3-13-8(5)11/h1-3,6-7H,4,12H2. The van der Waals surface area contributed by atoms with Gasteiger partial charge >= 0.3 is 0 Å². The van der Waals surface area contributed by atoms with E-state index < -0.39 is 18.3 Å². The zero-order valence-electron chi connectivity index (χ0n) is 6.75. The van der Waals surface area contributed by atoms with Gasteiger partial charge in [0.1, 0.15) is 0 Å². The first kappa shape index (κ1) is 9.98. The van der Waals surface area contributed by atoms with Gasteiger partial charge in [-0.2, -0.15) is 4.39 Å². The van der Waals surface area contributed by atoms with Crippen LogP contribution in [0.2, 0.25) is 0 Å². The minimum atomic E-state index is -2.66. The first-order chi connectivity index (χ1) is 6.16. The molecule has 2 nitrogen and oxygen atoms in total. The quantitative estimate of drug-likeness (QED) is 0.734. The average molecular weight is 190 g/mol. The third-order valence-electron chi connectivity index (χ3n) is 1.75. The van der Waals surface area contributed by atoms with Crippen molar-refractivity contribution >= 4 is 0 Å². The molecule has 0 spiro atoms. The van der Waals surface area contributed by atoms with Crippen molar-refractivity contribution in [2.45, 2.75) is 12.3 Å². The van der Waals surface area contributed by atoms with Crippen molar-refractivity contribution in [3.05, 3.63) is 29.8 Å². The van der Waals surface area contributed by atoms with Crippen LogP contribution in [0.1, 0.15) is 11.5 Å². The maximum absolute atomic E-state index is 12.9. The monoisotopic (exact) mass is 190 g/mol. The minimum Gasteiger partial charge on any atom is -0.330 e. The Bertz CT molecular complexity index is 278. The Labute approximate surface area is 73.6 Å². The second-order valence-corrected chi connectivity index (χ2v) is 2.56. The Morgan fingerprint density at radius 3 is 2.62 bits per heavy atom. The summed E-state index contributed by atoms with van der Waals surface area (Å²) in [4.78, 5) is 3.27. The molecule has 72 valence electrons. The van der Waals surface area contributed by atoms with E-state index in [0.29, 0.717) is 0 Å². The van der Waals surface area contributed by atoms with Crippen LogP contribution in [0.15, 0.2) is 18.3 Å². The lowest BCUT2D eigenvalue weighted by molar-refractivity contribution is 0.115. The molecule has 0 amide bonds. The molecule has 1 unspecified atom stereocenters. The van der Waals surface area contributed by atoms with Gasteiger partial charge < -0.3 is 5.73 Å². The highest BCUT2D eigenvalue weighted by Gasteiger charge is 2.23. The molecule has 1 heterocycles. The smallest absolute Gasteiger partial charge is 0.246 e. The summed E-state index contributed by atoms with van der Waals surface area (Å²) < 4.78 is 37.5. The summed E-state index contributed by atoms with van der Waals surface area (Å²) in [6.45, 7) is -0.291. The van der Waals surface area contributed by atoms with E-state index in [1.54, 1.807) is 0 Å². The normalized spacial score (nSPS) is 13.3. The maximum atomic E-state index is 12.9. The lowest BCUT2D eigenvalue weighted by Crippen LogP contribution is -2.21. The molecule has 1 aromatic rings. The number of nitrogens with zero attached hydrogens (tertiary/aromatic N) is 1. The fourth-order valence-corrected chi connectivity index (χ4v) is 1.04. The largest absolute Gasteiger partial charge is 0.330 e. The molecule has 0 aromatic carbocycles. The molecule has 13 heavy (non-hydrogen) atoms. The van der Waals surface area contributed by atoms with Crippen molar-refractivity contribution < 1.29 is 13.2 Å². The predicted octanol–water partition coefficient (Wildman–Crippen LogP) is 1.53. The summed E-state index contributed by atoms with van der Waals surface area (Å²) in [7, 11) is 0. The van der Waals surface area contributed by atoms with E-state index >= 15 is 0 Å². The van der Waals surface area contributed by atoms with Gasteiger partial charge in [-0.05, 0) is 6.07 Å². The van der Waals surface area contributed by atoms with Crippen LogP contribution in [-0.4, -0.2) is 18.0 Å². The third kappa shape index (κ3) is 2.18. The number of aromatic nitrogens is 1. The molecule has 1 rings (SSSR count). The van der Waals surface area contributed by atoms with E-state index in [9.17, 15) is 13.2 Å². The second kappa shape index (κ2) is 4.23. The SMILES string of the molecule is NCC(c1cccnc1F)C(F)F. The average Bonchev–Trinajstić information content (AvgIpc) is 2.09. The van der Waals surface area contributed by atoms with E-state index in [0.717, 1.165) is 0 Å². The number of hydrogen-bond acceptors (Lipinski definition) is 2. The molecule has 1 aromatic heterocycles. The van der Waals surface area contributed by atoms with Crippen molar-refractivity contribution in [2.75, 3.05) is 6.54 Å². The molecule has 0 aliphatic heterocycles. The molecule has 1 atom stereocenters. The highest BCUT2D eigenvalue weighted by atomic mass is 19.3. The van der Waals surface area contributed by atoms with Crippen molar-refractivity contribution in [1.82, 2.24) is 4.98 Å². The Hall–Kier alpha value is -1.10. The van der Waals surface area contributed by atoms with E-state index in [4.69, 9.17) is 5.73 Å².